The normalized spacial score (nSPS) is 10.2. The first kappa shape index (κ1) is 16.4. The molecule has 0 amide bonds. The molecule has 6 heteroatoms. The number of carbonyl (C=O) groups is 2. The molecule has 0 unspecified atom stereocenters. The summed E-state index contributed by atoms with van der Waals surface area (Å²) >= 11 is 0. The largest absolute Gasteiger partial charge is 0.511 e. The maximum atomic E-state index is 11.0. The monoisotopic (exact) mass is 316 g/mol. The van der Waals surface area contributed by atoms with Crippen LogP contribution in [0.4, 0.5) is 9.59 Å². The highest BCUT2D eigenvalue weighted by Gasteiger charge is 2.20. The van der Waals surface area contributed by atoms with E-state index in [1.54, 1.807) is 25.1 Å². The molecule has 0 bridgehead atoms. The van der Waals surface area contributed by atoms with Gasteiger partial charge in [-0.05, 0) is 36.1 Å². The van der Waals surface area contributed by atoms with Gasteiger partial charge in [0, 0.05) is 0 Å². The van der Waals surface area contributed by atoms with Gasteiger partial charge in [0.2, 0.25) is 0 Å². The summed E-state index contributed by atoms with van der Waals surface area (Å²) in [5, 5.41) is 17.8. The zero-order valence-electron chi connectivity index (χ0n) is 12.7. The molecule has 6 nitrogen and oxygen atoms in total. The Morgan fingerprint density at radius 2 is 1.57 bits per heavy atom. The van der Waals surface area contributed by atoms with Gasteiger partial charge < -0.3 is 19.7 Å². The predicted octanol–water partition coefficient (Wildman–Crippen LogP) is 4.34. The number of benzene rings is 2. The van der Waals surface area contributed by atoms with E-state index < -0.39 is 12.3 Å². The second-order valence-electron chi connectivity index (χ2n) is 4.87. The molecule has 2 aromatic carbocycles. The highest BCUT2D eigenvalue weighted by Crippen LogP contribution is 2.41. The van der Waals surface area contributed by atoms with Crippen LogP contribution in [0.15, 0.2) is 36.4 Å². The van der Waals surface area contributed by atoms with Crippen LogP contribution in [0.5, 0.6) is 11.5 Å². The quantitative estimate of drug-likeness (QED) is 0.644. The SMILES string of the molecule is CCc1ccc(-c2c(OC(=O)O)ccc(C)c2OC(=O)O)cc1. The standard InChI is InChI=1S/C17H16O6/c1-3-11-5-7-12(8-6-11)14-13(22-16(18)19)9-4-10(2)15(14)23-17(20)21/h4-9H,3H2,1-2H3,(H,18,19)(H,20,21). The third-order valence-corrected chi connectivity index (χ3v) is 3.35. The molecular formula is C17H16O6. The summed E-state index contributed by atoms with van der Waals surface area (Å²) < 4.78 is 9.63. The zero-order valence-corrected chi connectivity index (χ0v) is 12.7. The lowest BCUT2D eigenvalue weighted by Crippen LogP contribution is -2.09. The van der Waals surface area contributed by atoms with Crippen molar-refractivity contribution in [1.29, 1.82) is 0 Å². The fourth-order valence-corrected chi connectivity index (χ4v) is 2.25. The highest BCUT2D eigenvalue weighted by atomic mass is 16.7. The summed E-state index contributed by atoms with van der Waals surface area (Å²) in [5.41, 5.74) is 2.55. The number of hydrogen-bond acceptors (Lipinski definition) is 4. The Balaban J connectivity index is 2.65. The third kappa shape index (κ3) is 3.79. The summed E-state index contributed by atoms with van der Waals surface area (Å²) in [4.78, 5) is 21.9. The first-order chi connectivity index (χ1) is 10.9. The van der Waals surface area contributed by atoms with Crippen molar-refractivity contribution in [3.8, 4) is 22.6 Å². The van der Waals surface area contributed by atoms with E-state index in [9.17, 15) is 9.59 Å². The molecule has 0 saturated heterocycles. The molecule has 0 heterocycles. The van der Waals surface area contributed by atoms with E-state index >= 15 is 0 Å². The molecule has 0 aliphatic heterocycles. The first-order valence-corrected chi connectivity index (χ1v) is 6.96. The molecule has 0 aromatic heterocycles. The molecule has 0 fully saturated rings. The molecule has 0 atom stereocenters. The van der Waals surface area contributed by atoms with Crippen molar-refractivity contribution < 1.29 is 29.3 Å². The average molecular weight is 316 g/mol. The van der Waals surface area contributed by atoms with Crippen molar-refractivity contribution in [1.82, 2.24) is 0 Å². The van der Waals surface area contributed by atoms with Crippen LogP contribution in [0.1, 0.15) is 18.1 Å². The molecule has 120 valence electrons. The van der Waals surface area contributed by atoms with Crippen molar-refractivity contribution in [2.24, 2.45) is 0 Å². The van der Waals surface area contributed by atoms with E-state index in [1.807, 2.05) is 19.1 Å². The predicted molar refractivity (Wildman–Crippen MR) is 83.3 cm³/mol. The van der Waals surface area contributed by atoms with E-state index in [4.69, 9.17) is 19.7 Å². The highest BCUT2D eigenvalue weighted by molar-refractivity contribution is 5.82. The molecule has 0 saturated carbocycles. The minimum absolute atomic E-state index is 0.0172. The van der Waals surface area contributed by atoms with Crippen molar-refractivity contribution in [2.45, 2.75) is 20.3 Å². The lowest BCUT2D eigenvalue weighted by atomic mass is 9.99. The van der Waals surface area contributed by atoms with Gasteiger partial charge >= 0.3 is 12.3 Å². The molecule has 23 heavy (non-hydrogen) atoms. The van der Waals surface area contributed by atoms with E-state index in [2.05, 4.69) is 0 Å². The first-order valence-electron chi connectivity index (χ1n) is 6.96. The van der Waals surface area contributed by atoms with Crippen LogP contribution >= 0.6 is 0 Å². The van der Waals surface area contributed by atoms with Crippen molar-refractivity contribution in [3.63, 3.8) is 0 Å². The number of carboxylic acid groups (broad SMARTS) is 2. The van der Waals surface area contributed by atoms with Crippen LogP contribution in [0, 0.1) is 6.92 Å². The van der Waals surface area contributed by atoms with Gasteiger partial charge in [-0.3, -0.25) is 0 Å². The Morgan fingerprint density at radius 3 is 2.09 bits per heavy atom. The van der Waals surface area contributed by atoms with Crippen LogP contribution in [-0.2, 0) is 6.42 Å². The average Bonchev–Trinajstić information content (AvgIpc) is 2.50. The summed E-state index contributed by atoms with van der Waals surface area (Å²) in [6, 6.07) is 10.3. The maximum Gasteiger partial charge on any atom is 0.511 e. The van der Waals surface area contributed by atoms with Crippen molar-refractivity contribution in [3.05, 3.63) is 47.5 Å². The number of ether oxygens (including phenoxy) is 2. The summed E-state index contributed by atoms with van der Waals surface area (Å²) in [7, 11) is 0. The van der Waals surface area contributed by atoms with Crippen LogP contribution in [-0.4, -0.2) is 22.5 Å². The lowest BCUT2D eigenvalue weighted by Gasteiger charge is -2.15. The minimum Gasteiger partial charge on any atom is -0.449 e. The Bertz CT molecular complexity index is 733. The van der Waals surface area contributed by atoms with Gasteiger partial charge in [0.25, 0.3) is 0 Å². The van der Waals surface area contributed by atoms with Crippen LogP contribution in [0.3, 0.4) is 0 Å². The minimum atomic E-state index is -1.48. The molecule has 2 rings (SSSR count). The number of hydrogen-bond donors (Lipinski definition) is 2. The van der Waals surface area contributed by atoms with E-state index in [1.165, 1.54) is 6.07 Å². The fraction of sp³-hybridized carbons (Fsp3) is 0.176. The Kier molecular flexibility index (Phi) is 4.85. The van der Waals surface area contributed by atoms with E-state index in [0.717, 1.165) is 12.0 Å². The second kappa shape index (κ2) is 6.83. The van der Waals surface area contributed by atoms with E-state index in [-0.39, 0.29) is 17.1 Å². The molecular weight excluding hydrogens is 300 g/mol. The molecule has 2 N–H and O–H groups in total. The zero-order chi connectivity index (χ0) is 17.0. The molecule has 0 spiro atoms. The lowest BCUT2D eigenvalue weighted by molar-refractivity contribution is 0.143. The molecule has 0 aliphatic rings. The summed E-state index contributed by atoms with van der Waals surface area (Å²) in [5.74, 6) is 0.0732. The third-order valence-electron chi connectivity index (χ3n) is 3.35. The second-order valence-corrected chi connectivity index (χ2v) is 4.87. The number of aryl methyl sites for hydroxylation is 2. The van der Waals surface area contributed by atoms with Gasteiger partial charge in [-0.25, -0.2) is 9.59 Å². The van der Waals surface area contributed by atoms with Gasteiger partial charge in [0.05, 0.1) is 5.56 Å². The van der Waals surface area contributed by atoms with Gasteiger partial charge in [0.1, 0.15) is 11.5 Å². The van der Waals surface area contributed by atoms with Crippen LogP contribution < -0.4 is 9.47 Å². The van der Waals surface area contributed by atoms with Gasteiger partial charge in [0.15, 0.2) is 0 Å². The van der Waals surface area contributed by atoms with Gasteiger partial charge in [-0.15, -0.1) is 0 Å². The Morgan fingerprint density at radius 1 is 0.957 bits per heavy atom. The fourth-order valence-electron chi connectivity index (χ4n) is 2.25. The maximum absolute atomic E-state index is 11.0. The molecule has 2 aromatic rings. The summed E-state index contributed by atoms with van der Waals surface area (Å²) in [6.45, 7) is 3.69. The molecule has 0 radical (unpaired) electrons. The molecule has 0 aliphatic carbocycles. The van der Waals surface area contributed by atoms with E-state index in [0.29, 0.717) is 11.1 Å². The van der Waals surface area contributed by atoms with Crippen LogP contribution in [0.25, 0.3) is 11.1 Å². The van der Waals surface area contributed by atoms with Crippen LogP contribution in [0.2, 0.25) is 0 Å². The Hall–Kier alpha value is -3.02. The van der Waals surface area contributed by atoms with Crippen molar-refractivity contribution >= 4 is 12.3 Å². The smallest absolute Gasteiger partial charge is 0.449 e. The van der Waals surface area contributed by atoms with Gasteiger partial charge in [-0.2, -0.15) is 0 Å². The topological polar surface area (TPSA) is 93.1 Å². The summed E-state index contributed by atoms with van der Waals surface area (Å²) in [6.07, 6.45) is -2.11. The number of rotatable bonds is 4. The Labute approximate surface area is 132 Å². The van der Waals surface area contributed by atoms with Gasteiger partial charge in [-0.1, -0.05) is 37.3 Å². The van der Waals surface area contributed by atoms with Crippen molar-refractivity contribution in [2.75, 3.05) is 0 Å².